The van der Waals surface area contributed by atoms with Crippen LogP contribution in [0.3, 0.4) is 0 Å². The van der Waals surface area contributed by atoms with E-state index in [1.54, 1.807) is 12.2 Å². The molecule has 0 aromatic rings. The van der Waals surface area contributed by atoms with Crippen LogP contribution < -0.4 is 0 Å². The zero-order valence-electron chi connectivity index (χ0n) is 22.2. The molecule has 0 bridgehead atoms. The smallest absolute Gasteiger partial charge is 0.258 e. The Kier molecular flexibility index (Phi) is 14.0. The van der Waals surface area contributed by atoms with Gasteiger partial charge < -0.3 is 10.2 Å². The maximum absolute atomic E-state index is 12.2. The zero-order valence-corrected chi connectivity index (χ0v) is 22.2. The molecule has 0 radical (unpaired) electrons. The molecule has 0 saturated carbocycles. The molecule has 1 aliphatic rings. The maximum atomic E-state index is 12.2. The highest BCUT2D eigenvalue weighted by atomic mass is 16.3. The second-order valence-electron chi connectivity index (χ2n) is 10.4. The van der Waals surface area contributed by atoms with Crippen LogP contribution in [0, 0.1) is 23.7 Å². The van der Waals surface area contributed by atoms with Crippen LogP contribution in [0.5, 0.6) is 0 Å². The average molecular weight is 474 g/mol. The van der Waals surface area contributed by atoms with Gasteiger partial charge in [0.05, 0.1) is 0 Å². The number of allylic oxidation sites excluding steroid dienone is 7. The first-order valence-corrected chi connectivity index (χ1v) is 12.9. The van der Waals surface area contributed by atoms with Crippen LogP contribution in [0.2, 0.25) is 0 Å². The van der Waals surface area contributed by atoms with Gasteiger partial charge in [-0.05, 0) is 69.6 Å². The van der Waals surface area contributed by atoms with E-state index in [0.29, 0.717) is 37.1 Å². The number of hydrogen-bond donors (Lipinski definition) is 2. The summed E-state index contributed by atoms with van der Waals surface area (Å²) in [6, 6.07) is 0. The lowest BCUT2D eigenvalue weighted by Crippen LogP contribution is -2.46. The van der Waals surface area contributed by atoms with Crippen molar-refractivity contribution in [2.75, 3.05) is 13.2 Å². The lowest BCUT2D eigenvalue weighted by Gasteiger charge is -2.26. The van der Waals surface area contributed by atoms with E-state index < -0.39 is 17.9 Å². The summed E-state index contributed by atoms with van der Waals surface area (Å²) in [4.78, 5) is 25.2. The normalized spacial score (nSPS) is 21.8. The average Bonchev–Trinajstić information content (AvgIpc) is 2.77. The van der Waals surface area contributed by atoms with Crippen molar-refractivity contribution in [1.29, 1.82) is 0 Å². The molecule has 1 aliphatic heterocycles. The number of carbonyl (C=O) groups is 2. The number of piperidine rings is 1. The molecule has 1 heterocycles. The molecule has 5 atom stereocenters. The second-order valence-corrected chi connectivity index (χ2v) is 10.4. The fourth-order valence-electron chi connectivity index (χ4n) is 4.77. The summed E-state index contributed by atoms with van der Waals surface area (Å²) in [6.45, 7) is 13.7. The lowest BCUT2D eigenvalue weighted by molar-refractivity contribution is -0.151. The molecule has 0 aromatic carbocycles. The number of likely N-dealkylation sites (tertiary alicyclic amines) is 1. The van der Waals surface area contributed by atoms with Crippen LogP contribution in [0.15, 0.2) is 47.6 Å². The number of carbonyl (C=O) groups excluding carboxylic acids is 2. The molecule has 1 unspecified atom stereocenters. The number of imide groups is 1. The lowest BCUT2D eigenvalue weighted by atomic mass is 9.84. The van der Waals surface area contributed by atoms with E-state index in [4.69, 9.17) is 0 Å². The van der Waals surface area contributed by atoms with Crippen LogP contribution in [0.4, 0.5) is 0 Å². The van der Waals surface area contributed by atoms with Crippen molar-refractivity contribution in [2.24, 2.45) is 23.7 Å². The van der Waals surface area contributed by atoms with E-state index >= 15 is 0 Å². The van der Waals surface area contributed by atoms with Gasteiger partial charge in [0.2, 0.25) is 0 Å². The summed E-state index contributed by atoms with van der Waals surface area (Å²) in [5.41, 5.74) is 2.23. The van der Waals surface area contributed by atoms with E-state index in [1.807, 2.05) is 13.0 Å². The number of nitrogens with zero attached hydrogens (tertiary/aromatic N) is 1. The monoisotopic (exact) mass is 473 g/mol. The Morgan fingerprint density at radius 2 is 1.74 bits per heavy atom. The maximum Gasteiger partial charge on any atom is 0.258 e. The molecule has 0 aromatic heterocycles. The van der Waals surface area contributed by atoms with Crippen LogP contribution in [-0.2, 0) is 9.59 Å². The molecule has 0 aliphatic carbocycles. The van der Waals surface area contributed by atoms with Gasteiger partial charge in [0, 0.05) is 19.2 Å². The number of hydrogen-bond acceptors (Lipinski definition) is 4. The van der Waals surface area contributed by atoms with Crippen LogP contribution >= 0.6 is 0 Å². The molecule has 5 nitrogen and oxygen atoms in total. The fraction of sp³-hybridized carbons (Fsp3) is 0.655. The van der Waals surface area contributed by atoms with E-state index in [9.17, 15) is 19.8 Å². The van der Waals surface area contributed by atoms with Crippen molar-refractivity contribution < 1.29 is 19.8 Å². The molecule has 34 heavy (non-hydrogen) atoms. The summed E-state index contributed by atoms with van der Waals surface area (Å²) in [6.07, 6.45) is 15.5. The predicted octanol–water partition coefficient (Wildman–Crippen LogP) is 5.60. The molecular formula is C29H47NO4. The van der Waals surface area contributed by atoms with Crippen LogP contribution in [0.1, 0.15) is 80.1 Å². The van der Waals surface area contributed by atoms with Gasteiger partial charge >= 0.3 is 0 Å². The zero-order chi connectivity index (χ0) is 25.7. The predicted molar refractivity (Wildman–Crippen MR) is 140 cm³/mol. The summed E-state index contributed by atoms with van der Waals surface area (Å²) in [5, 5.41) is 19.5. The van der Waals surface area contributed by atoms with Crippen LogP contribution in [0.25, 0.3) is 0 Å². The van der Waals surface area contributed by atoms with Gasteiger partial charge in [0.1, 0.15) is 6.10 Å². The number of amides is 2. The molecule has 2 N–H and O–H groups in total. The minimum Gasteiger partial charge on any atom is -0.396 e. The topological polar surface area (TPSA) is 77.8 Å². The highest BCUT2D eigenvalue weighted by Gasteiger charge is 2.29. The van der Waals surface area contributed by atoms with Gasteiger partial charge in [-0.25, -0.2) is 0 Å². The number of rotatable bonds is 13. The Morgan fingerprint density at radius 3 is 2.38 bits per heavy atom. The standard InChI is InChI=1S/C29H47NO4/c1-7-21(2)15-24(5)18-26(20-31)19-25(6)17-23(4)16-22(3)11-8-9-13-28(33)30-14-10-12-27(32)29(30)34/h8-9,11,13,16-17,21,24-27,31-32H,7,10,12,14-15,18-20H2,1-6H3/b11-8+,13-9+,22-16-,23-17+/t21-,24-,25-,26-,27?/m0/s1. The van der Waals surface area contributed by atoms with Gasteiger partial charge in [-0.15, -0.1) is 0 Å². The third-order valence-corrected chi connectivity index (χ3v) is 6.59. The second kappa shape index (κ2) is 15.8. The van der Waals surface area contributed by atoms with E-state index in [2.05, 4.69) is 46.8 Å². The third kappa shape index (κ3) is 11.4. The van der Waals surface area contributed by atoms with Crippen molar-refractivity contribution in [1.82, 2.24) is 4.90 Å². The Balaban J connectivity index is 2.57. The fourth-order valence-corrected chi connectivity index (χ4v) is 4.77. The highest BCUT2D eigenvalue weighted by molar-refractivity contribution is 6.02. The van der Waals surface area contributed by atoms with Crippen molar-refractivity contribution >= 4 is 11.8 Å². The minimum atomic E-state index is -1.07. The summed E-state index contributed by atoms with van der Waals surface area (Å²) in [5.74, 6) is 1.19. The first-order valence-electron chi connectivity index (χ1n) is 12.9. The molecule has 192 valence electrons. The van der Waals surface area contributed by atoms with Crippen molar-refractivity contribution in [2.45, 2.75) is 86.2 Å². The molecule has 5 heteroatoms. The Hall–Kier alpha value is -1.98. The minimum absolute atomic E-state index is 0.243. The first kappa shape index (κ1) is 30.1. The number of aliphatic hydroxyl groups excluding tert-OH is 2. The molecule has 0 spiro atoms. The van der Waals surface area contributed by atoms with Gasteiger partial charge in [0.15, 0.2) is 0 Å². The van der Waals surface area contributed by atoms with Crippen molar-refractivity contribution in [3.63, 3.8) is 0 Å². The quantitative estimate of drug-likeness (QED) is 0.270. The number of aliphatic hydroxyl groups is 2. The molecule has 1 rings (SSSR count). The van der Waals surface area contributed by atoms with Crippen molar-refractivity contribution in [3.05, 3.63) is 47.6 Å². The first-order chi connectivity index (χ1) is 16.1. The van der Waals surface area contributed by atoms with Gasteiger partial charge in [0.25, 0.3) is 11.8 Å². The molecule has 1 saturated heterocycles. The Bertz CT molecular complexity index is 764. The van der Waals surface area contributed by atoms with Gasteiger partial charge in [-0.1, -0.05) is 75.6 Å². The Morgan fingerprint density at radius 1 is 1.06 bits per heavy atom. The largest absolute Gasteiger partial charge is 0.396 e. The molecule has 2 amide bonds. The Labute approximate surface area is 207 Å². The van der Waals surface area contributed by atoms with Gasteiger partial charge in [-0.3, -0.25) is 14.5 Å². The van der Waals surface area contributed by atoms with E-state index in [-0.39, 0.29) is 6.61 Å². The molecular weight excluding hydrogens is 426 g/mol. The van der Waals surface area contributed by atoms with Crippen molar-refractivity contribution in [3.8, 4) is 0 Å². The molecule has 1 fully saturated rings. The third-order valence-electron chi connectivity index (χ3n) is 6.59. The van der Waals surface area contributed by atoms with E-state index in [1.165, 1.54) is 24.5 Å². The summed E-state index contributed by atoms with van der Waals surface area (Å²) < 4.78 is 0. The van der Waals surface area contributed by atoms with Gasteiger partial charge in [-0.2, -0.15) is 0 Å². The highest BCUT2D eigenvalue weighted by Crippen LogP contribution is 2.26. The summed E-state index contributed by atoms with van der Waals surface area (Å²) in [7, 11) is 0. The van der Waals surface area contributed by atoms with E-state index in [0.717, 1.165) is 29.2 Å². The summed E-state index contributed by atoms with van der Waals surface area (Å²) >= 11 is 0. The SMILES string of the molecule is CC[C@H](C)C[C@H](C)C[C@H](CO)C[C@@H](C)/C=C(C)/C=C(C)\C=C\C=C\C(=O)N1CCCC(O)C1=O. The van der Waals surface area contributed by atoms with Crippen LogP contribution in [-0.4, -0.2) is 46.2 Å².